The number of hydrogen-bond acceptors (Lipinski definition) is 5. The lowest BCUT2D eigenvalue weighted by Crippen LogP contribution is -2.15. The van der Waals surface area contributed by atoms with Crippen molar-refractivity contribution < 1.29 is 4.74 Å². The van der Waals surface area contributed by atoms with Crippen LogP contribution in [0.2, 0.25) is 0 Å². The zero-order chi connectivity index (χ0) is 11.2. The molecule has 2 rings (SSSR count). The minimum Gasteiger partial charge on any atom is -0.371 e. The highest BCUT2D eigenvalue weighted by Crippen LogP contribution is 2.29. The van der Waals surface area contributed by atoms with E-state index in [0.29, 0.717) is 0 Å². The zero-order valence-corrected chi connectivity index (χ0v) is 10.6. The van der Waals surface area contributed by atoms with Gasteiger partial charge in [-0.1, -0.05) is 18.3 Å². The standard InChI is InChI=1S/C11H19N3OS/c1-2-12-7-6-10-13-14-11(16-10)9-5-3-4-8-15-9/h9,12H,2-8H2,1H3. The van der Waals surface area contributed by atoms with Crippen LogP contribution in [0.4, 0.5) is 0 Å². The molecular weight excluding hydrogens is 222 g/mol. The third kappa shape index (κ3) is 3.23. The van der Waals surface area contributed by atoms with E-state index in [2.05, 4.69) is 22.4 Å². The molecule has 0 spiro atoms. The van der Waals surface area contributed by atoms with Crippen molar-refractivity contribution in [3.8, 4) is 0 Å². The maximum Gasteiger partial charge on any atom is 0.146 e. The Balaban J connectivity index is 1.85. The molecule has 90 valence electrons. The maximum atomic E-state index is 5.70. The fourth-order valence-electron chi connectivity index (χ4n) is 1.81. The van der Waals surface area contributed by atoms with Crippen LogP contribution in [-0.4, -0.2) is 29.9 Å². The molecule has 1 aromatic rings. The quantitative estimate of drug-likeness (QED) is 0.800. The van der Waals surface area contributed by atoms with Gasteiger partial charge < -0.3 is 10.1 Å². The van der Waals surface area contributed by atoms with E-state index in [9.17, 15) is 0 Å². The molecule has 4 nitrogen and oxygen atoms in total. The highest BCUT2D eigenvalue weighted by Gasteiger charge is 2.20. The number of nitrogens with zero attached hydrogens (tertiary/aromatic N) is 2. The van der Waals surface area contributed by atoms with Gasteiger partial charge in [0.2, 0.25) is 0 Å². The lowest BCUT2D eigenvalue weighted by Gasteiger charge is -2.19. The van der Waals surface area contributed by atoms with E-state index in [-0.39, 0.29) is 6.10 Å². The third-order valence-electron chi connectivity index (χ3n) is 2.70. The number of ether oxygens (including phenoxy) is 1. The topological polar surface area (TPSA) is 47.0 Å². The van der Waals surface area contributed by atoms with Gasteiger partial charge in [0, 0.05) is 19.6 Å². The fraction of sp³-hybridized carbons (Fsp3) is 0.818. The molecule has 1 N–H and O–H groups in total. The molecule has 2 heterocycles. The van der Waals surface area contributed by atoms with E-state index in [1.807, 2.05) is 0 Å². The molecule has 1 saturated heterocycles. The van der Waals surface area contributed by atoms with Crippen molar-refractivity contribution in [3.05, 3.63) is 10.0 Å². The molecule has 1 unspecified atom stereocenters. The van der Waals surface area contributed by atoms with E-state index >= 15 is 0 Å². The minimum absolute atomic E-state index is 0.208. The lowest BCUT2D eigenvalue weighted by atomic mass is 10.1. The second-order valence-corrected chi connectivity index (χ2v) is 5.09. The molecule has 0 aliphatic carbocycles. The van der Waals surface area contributed by atoms with E-state index in [1.165, 1.54) is 12.8 Å². The highest BCUT2D eigenvalue weighted by atomic mass is 32.1. The highest BCUT2D eigenvalue weighted by molar-refractivity contribution is 7.11. The van der Waals surface area contributed by atoms with E-state index in [4.69, 9.17) is 4.74 Å². The van der Waals surface area contributed by atoms with E-state index in [1.54, 1.807) is 11.3 Å². The van der Waals surface area contributed by atoms with Gasteiger partial charge in [-0.25, -0.2) is 0 Å². The molecule has 0 amide bonds. The Labute approximate surface area is 100 Å². The van der Waals surface area contributed by atoms with Crippen LogP contribution in [0.3, 0.4) is 0 Å². The predicted molar refractivity (Wildman–Crippen MR) is 64.7 cm³/mol. The van der Waals surface area contributed by atoms with Crippen LogP contribution in [0, 0.1) is 0 Å². The largest absolute Gasteiger partial charge is 0.371 e. The van der Waals surface area contributed by atoms with Gasteiger partial charge >= 0.3 is 0 Å². The molecule has 1 aromatic heterocycles. The van der Waals surface area contributed by atoms with Gasteiger partial charge in [-0.2, -0.15) is 0 Å². The molecular formula is C11H19N3OS. The Morgan fingerprint density at radius 1 is 1.44 bits per heavy atom. The van der Waals surface area contributed by atoms with Gasteiger partial charge in [0.15, 0.2) is 0 Å². The second kappa shape index (κ2) is 6.27. The van der Waals surface area contributed by atoms with Crippen molar-refractivity contribution >= 4 is 11.3 Å². The predicted octanol–water partition coefficient (Wildman–Crippen LogP) is 1.93. The Hall–Kier alpha value is -0.520. The molecule has 0 bridgehead atoms. The normalized spacial score (nSPS) is 21.2. The summed E-state index contributed by atoms with van der Waals surface area (Å²) < 4.78 is 5.70. The smallest absolute Gasteiger partial charge is 0.146 e. The van der Waals surface area contributed by atoms with Crippen LogP contribution in [0.5, 0.6) is 0 Å². The van der Waals surface area contributed by atoms with Gasteiger partial charge in [0.05, 0.1) is 0 Å². The van der Waals surface area contributed by atoms with Crippen molar-refractivity contribution in [1.82, 2.24) is 15.5 Å². The Bertz CT molecular complexity index is 310. The zero-order valence-electron chi connectivity index (χ0n) is 9.74. The summed E-state index contributed by atoms with van der Waals surface area (Å²) in [5, 5.41) is 13.9. The van der Waals surface area contributed by atoms with Crippen molar-refractivity contribution in [1.29, 1.82) is 0 Å². The van der Waals surface area contributed by atoms with Crippen LogP contribution in [0.1, 0.15) is 42.3 Å². The van der Waals surface area contributed by atoms with Gasteiger partial charge in [0.25, 0.3) is 0 Å². The average molecular weight is 241 g/mol. The number of aromatic nitrogens is 2. The maximum absolute atomic E-state index is 5.70. The third-order valence-corrected chi connectivity index (χ3v) is 3.78. The first kappa shape index (κ1) is 12.0. The van der Waals surface area contributed by atoms with Crippen LogP contribution < -0.4 is 5.32 Å². The first-order chi connectivity index (χ1) is 7.90. The summed E-state index contributed by atoms with van der Waals surface area (Å²) in [6, 6.07) is 0. The van der Waals surface area contributed by atoms with Crippen LogP contribution in [-0.2, 0) is 11.2 Å². The monoisotopic (exact) mass is 241 g/mol. The molecule has 1 aliphatic heterocycles. The van der Waals surface area contributed by atoms with Gasteiger partial charge in [-0.05, 0) is 25.8 Å². The summed E-state index contributed by atoms with van der Waals surface area (Å²) >= 11 is 1.70. The first-order valence-corrected chi connectivity index (χ1v) is 6.86. The Kier molecular flexibility index (Phi) is 4.69. The van der Waals surface area contributed by atoms with E-state index < -0.39 is 0 Å². The van der Waals surface area contributed by atoms with Crippen molar-refractivity contribution in [2.45, 2.75) is 38.7 Å². The van der Waals surface area contributed by atoms with Gasteiger partial charge in [0.1, 0.15) is 16.1 Å². The molecule has 5 heteroatoms. The summed E-state index contributed by atoms with van der Waals surface area (Å²) in [5.74, 6) is 0. The van der Waals surface area contributed by atoms with E-state index in [0.717, 1.165) is 42.6 Å². The fourth-order valence-corrected chi connectivity index (χ4v) is 2.73. The Morgan fingerprint density at radius 3 is 3.12 bits per heavy atom. The average Bonchev–Trinajstić information content (AvgIpc) is 2.79. The number of nitrogens with one attached hydrogen (secondary N) is 1. The van der Waals surface area contributed by atoms with Gasteiger partial charge in [-0.15, -0.1) is 10.2 Å². The first-order valence-electron chi connectivity index (χ1n) is 6.04. The number of likely N-dealkylation sites (N-methyl/N-ethyl adjacent to an activating group) is 1. The lowest BCUT2D eigenvalue weighted by molar-refractivity contribution is 0.0144. The van der Waals surface area contributed by atoms with Crippen molar-refractivity contribution in [2.24, 2.45) is 0 Å². The van der Waals surface area contributed by atoms with Crippen molar-refractivity contribution in [3.63, 3.8) is 0 Å². The number of hydrogen-bond donors (Lipinski definition) is 1. The molecule has 0 radical (unpaired) electrons. The summed E-state index contributed by atoms with van der Waals surface area (Å²) in [5.41, 5.74) is 0. The summed E-state index contributed by atoms with van der Waals surface area (Å²) in [6.07, 6.45) is 4.71. The van der Waals surface area contributed by atoms with Crippen molar-refractivity contribution in [2.75, 3.05) is 19.7 Å². The van der Waals surface area contributed by atoms with Crippen LogP contribution >= 0.6 is 11.3 Å². The molecule has 1 aliphatic rings. The van der Waals surface area contributed by atoms with Crippen LogP contribution in [0.25, 0.3) is 0 Å². The second-order valence-electron chi connectivity index (χ2n) is 3.99. The molecule has 0 aromatic carbocycles. The summed E-state index contributed by atoms with van der Waals surface area (Å²) in [6.45, 7) is 4.98. The molecule has 1 fully saturated rings. The Morgan fingerprint density at radius 2 is 2.38 bits per heavy atom. The van der Waals surface area contributed by atoms with Crippen LogP contribution in [0.15, 0.2) is 0 Å². The molecule has 16 heavy (non-hydrogen) atoms. The molecule has 1 atom stereocenters. The number of rotatable bonds is 5. The molecule has 0 saturated carbocycles. The SMILES string of the molecule is CCNCCc1nnc(C2CCCCO2)s1. The summed E-state index contributed by atoms with van der Waals surface area (Å²) in [4.78, 5) is 0. The minimum atomic E-state index is 0.208. The van der Waals surface area contributed by atoms with Gasteiger partial charge in [-0.3, -0.25) is 0 Å². The summed E-state index contributed by atoms with van der Waals surface area (Å²) in [7, 11) is 0.